The van der Waals surface area contributed by atoms with Gasteiger partial charge in [0, 0.05) is 18.1 Å². The Labute approximate surface area is 152 Å². The fourth-order valence-corrected chi connectivity index (χ4v) is 2.83. The molecule has 0 saturated carbocycles. The predicted molar refractivity (Wildman–Crippen MR) is 98.2 cm³/mol. The van der Waals surface area contributed by atoms with Crippen molar-refractivity contribution in [1.29, 1.82) is 0 Å². The number of hydrogen-bond acceptors (Lipinski definition) is 3. The number of carbonyl (C=O) groups excluding carboxylic acids is 2. The van der Waals surface area contributed by atoms with E-state index < -0.39 is 0 Å². The van der Waals surface area contributed by atoms with Crippen molar-refractivity contribution in [3.05, 3.63) is 46.7 Å². The standard InChI is InChI=1S/C18H23ClN4O2/c1-4-16-15(18(25)22(6-3)12-17(24)20-5-2)11-21-23(16)14-9-7-8-13(19)10-14/h7-11H,4-6,12H2,1-3H3,(H,20,24). The number of hydrogen-bond donors (Lipinski definition) is 1. The van der Waals surface area contributed by atoms with Crippen molar-refractivity contribution in [3.8, 4) is 5.69 Å². The maximum absolute atomic E-state index is 12.9. The Kier molecular flexibility index (Phi) is 6.58. The van der Waals surface area contributed by atoms with Crippen molar-refractivity contribution in [2.24, 2.45) is 0 Å². The monoisotopic (exact) mass is 362 g/mol. The molecule has 0 aliphatic carbocycles. The highest BCUT2D eigenvalue weighted by Gasteiger charge is 2.23. The van der Waals surface area contributed by atoms with Crippen LogP contribution in [0.15, 0.2) is 30.5 Å². The lowest BCUT2D eigenvalue weighted by atomic mass is 10.1. The number of aromatic nitrogens is 2. The van der Waals surface area contributed by atoms with Gasteiger partial charge in [-0.1, -0.05) is 24.6 Å². The summed E-state index contributed by atoms with van der Waals surface area (Å²) in [5, 5.41) is 7.68. The van der Waals surface area contributed by atoms with E-state index in [1.54, 1.807) is 23.0 Å². The third kappa shape index (κ3) is 4.39. The number of nitrogens with one attached hydrogen (secondary N) is 1. The maximum Gasteiger partial charge on any atom is 0.257 e. The van der Waals surface area contributed by atoms with E-state index in [1.807, 2.05) is 32.9 Å². The van der Waals surface area contributed by atoms with Crippen molar-refractivity contribution in [2.45, 2.75) is 27.2 Å². The van der Waals surface area contributed by atoms with E-state index in [9.17, 15) is 9.59 Å². The Morgan fingerprint density at radius 3 is 2.64 bits per heavy atom. The van der Waals surface area contributed by atoms with Gasteiger partial charge in [-0.2, -0.15) is 5.10 Å². The second kappa shape index (κ2) is 8.67. The zero-order chi connectivity index (χ0) is 18.4. The summed E-state index contributed by atoms with van der Waals surface area (Å²) in [4.78, 5) is 26.2. The Morgan fingerprint density at radius 2 is 2.04 bits per heavy atom. The Morgan fingerprint density at radius 1 is 1.28 bits per heavy atom. The van der Waals surface area contributed by atoms with Crippen molar-refractivity contribution >= 4 is 23.4 Å². The van der Waals surface area contributed by atoms with Crippen LogP contribution in [-0.4, -0.2) is 46.1 Å². The van der Waals surface area contributed by atoms with Crippen LogP contribution in [0, 0.1) is 0 Å². The van der Waals surface area contributed by atoms with E-state index in [-0.39, 0.29) is 18.4 Å². The number of carbonyl (C=O) groups is 2. The lowest BCUT2D eigenvalue weighted by Crippen LogP contribution is -2.40. The number of nitrogens with zero attached hydrogens (tertiary/aromatic N) is 3. The van der Waals surface area contributed by atoms with Crippen LogP contribution in [0.3, 0.4) is 0 Å². The molecule has 2 rings (SSSR count). The summed E-state index contributed by atoms with van der Waals surface area (Å²) < 4.78 is 1.72. The summed E-state index contributed by atoms with van der Waals surface area (Å²) in [6, 6.07) is 7.32. The van der Waals surface area contributed by atoms with Gasteiger partial charge in [-0.15, -0.1) is 0 Å². The van der Waals surface area contributed by atoms with Crippen LogP contribution in [0.2, 0.25) is 5.02 Å². The smallest absolute Gasteiger partial charge is 0.257 e. The maximum atomic E-state index is 12.9. The van der Waals surface area contributed by atoms with Crippen LogP contribution in [0.4, 0.5) is 0 Å². The van der Waals surface area contributed by atoms with Gasteiger partial charge in [-0.05, 0) is 38.5 Å². The number of likely N-dealkylation sites (N-methyl/N-ethyl adjacent to an activating group) is 2. The summed E-state index contributed by atoms with van der Waals surface area (Å²) in [6.07, 6.45) is 2.19. The number of halogens is 1. The molecule has 2 amide bonds. The Hall–Kier alpha value is -2.34. The minimum atomic E-state index is -0.195. The largest absolute Gasteiger partial charge is 0.355 e. The molecule has 1 aromatic heterocycles. The molecular weight excluding hydrogens is 340 g/mol. The predicted octanol–water partition coefficient (Wildman–Crippen LogP) is 2.69. The molecule has 0 radical (unpaired) electrons. The van der Waals surface area contributed by atoms with Crippen LogP contribution in [-0.2, 0) is 11.2 Å². The Balaban J connectivity index is 2.32. The fourth-order valence-electron chi connectivity index (χ4n) is 2.65. The van der Waals surface area contributed by atoms with Gasteiger partial charge < -0.3 is 10.2 Å². The van der Waals surface area contributed by atoms with Gasteiger partial charge in [0.15, 0.2) is 0 Å². The second-order valence-corrected chi connectivity index (χ2v) is 5.96. The van der Waals surface area contributed by atoms with Crippen LogP contribution in [0.25, 0.3) is 5.69 Å². The Bertz CT molecular complexity index is 757. The lowest BCUT2D eigenvalue weighted by molar-refractivity contribution is -0.121. The molecule has 0 spiro atoms. The van der Waals surface area contributed by atoms with Crippen LogP contribution >= 0.6 is 11.6 Å². The molecule has 25 heavy (non-hydrogen) atoms. The highest BCUT2D eigenvalue weighted by molar-refractivity contribution is 6.30. The summed E-state index contributed by atoms with van der Waals surface area (Å²) in [7, 11) is 0. The van der Waals surface area contributed by atoms with E-state index in [2.05, 4.69) is 10.4 Å². The highest BCUT2D eigenvalue weighted by atomic mass is 35.5. The van der Waals surface area contributed by atoms with Gasteiger partial charge in [0.25, 0.3) is 5.91 Å². The molecule has 1 heterocycles. The average Bonchev–Trinajstić information content (AvgIpc) is 3.03. The zero-order valence-corrected chi connectivity index (χ0v) is 15.5. The molecule has 0 aliphatic heterocycles. The van der Waals surface area contributed by atoms with E-state index >= 15 is 0 Å². The molecule has 1 N–H and O–H groups in total. The molecule has 7 heteroatoms. The minimum absolute atomic E-state index is 0.0364. The molecule has 0 atom stereocenters. The van der Waals surface area contributed by atoms with Crippen molar-refractivity contribution < 1.29 is 9.59 Å². The van der Waals surface area contributed by atoms with Crippen LogP contribution < -0.4 is 5.32 Å². The van der Waals surface area contributed by atoms with Gasteiger partial charge in [-0.3, -0.25) is 9.59 Å². The molecule has 1 aromatic carbocycles. The van der Waals surface area contributed by atoms with Gasteiger partial charge in [0.05, 0.1) is 29.7 Å². The SMILES string of the molecule is CCNC(=O)CN(CC)C(=O)c1cnn(-c2cccc(Cl)c2)c1CC. The molecular formula is C18H23ClN4O2. The first-order valence-electron chi connectivity index (χ1n) is 8.40. The molecule has 6 nitrogen and oxygen atoms in total. The minimum Gasteiger partial charge on any atom is -0.355 e. The van der Waals surface area contributed by atoms with Crippen molar-refractivity contribution in [2.75, 3.05) is 19.6 Å². The van der Waals surface area contributed by atoms with E-state index in [0.717, 1.165) is 11.4 Å². The molecule has 0 bridgehead atoms. The average molecular weight is 363 g/mol. The van der Waals surface area contributed by atoms with Crippen LogP contribution in [0.1, 0.15) is 36.8 Å². The molecule has 0 saturated heterocycles. The summed E-state index contributed by atoms with van der Waals surface area (Å²) in [5.74, 6) is -0.364. The third-order valence-electron chi connectivity index (χ3n) is 3.86. The topological polar surface area (TPSA) is 67.2 Å². The summed E-state index contributed by atoms with van der Waals surface area (Å²) in [5.41, 5.74) is 2.10. The zero-order valence-electron chi connectivity index (χ0n) is 14.8. The molecule has 134 valence electrons. The third-order valence-corrected chi connectivity index (χ3v) is 4.10. The van der Waals surface area contributed by atoms with Gasteiger partial charge in [-0.25, -0.2) is 4.68 Å². The number of rotatable bonds is 7. The van der Waals surface area contributed by atoms with Gasteiger partial charge >= 0.3 is 0 Å². The first-order chi connectivity index (χ1) is 12.0. The molecule has 2 aromatic rings. The number of amides is 2. The van der Waals surface area contributed by atoms with Crippen LogP contribution in [0.5, 0.6) is 0 Å². The number of benzene rings is 1. The van der Waals surface area contributed by atoms with Gasteiger partial charge in [0.1, 0.15) is 0 Å². The highest BCUT2D eigenvalue weighted by Crippen LogP contribution is 2.20. The quantitative estimate of drug-likeness (QED) is 0.823. The first kappa shape index (κ1) is 19.0. The van der Waals surface area contributed by atoms with Crippen molar-refractivity contribution in [3.63, 3.8) is 0 Å². The van der Waals surface area contributed by atoms with Gasteiger partial charge in [0.2, 0.25) is 5.91 Å². The summed E-state index contributed by atoms with van der Waals surface area (Å²) in [6.45, 7) is 6.69. The molecule has 0 unspecified atom stereocenters. The second-order valence-electron chi connectivity index (χ2n) is 5.52. The lowest BCUT2D eigenvalue weighted by Gasteiger charge is -2.20. The first-order valence-corrected chi connectivity index (χ1v) is 8.78. The summed E-state index contributed by atoms with van der Waals surface area (Å²) >= 11 is 6.06. The van der Waals surface area contributed by atoms with E-state index in [0.29, 0.717) is 30.1 Å². The molecule has 0 aliphatic rings. The normalized spacial score (nSPS) is 10.6. The van der Waals surface area contributed by atoms with E-state index in [4.69, 9.17) is 11.6 Å². The van der Waals surface area contributed by atoms with E-state index in [1.165, 1.54) is 4.90 Å². The fraction of sp³-hybridized carbons (Fsp3) is 0.389. The van der Waals surface area contributed by atoms with Crippen molar-refractivity contribution in [1.82, 2.24) is 20.0 Å². The molecule has 0 fully saturated rings.